The number of aryl methyl sites for hydroxylation is 2. The van der Waals surface area contributed by atoms with Crippen LogP contribution in [0.2, 0.25) is 0 Å². The zero-order chi connectivity index (χ0) is 26.1. The molecule has 0 bridgehead atoms. The molecule has 4 aromatic rings. The maximum Gasteiger partial charge on any atom is 1.00 e. The number of anilines is 1. The van der Waals surface area contributed by atoms with E-state index in [1.807, 2.05) is 0 Å². The van der Waals surface area contributed by atoms with Crippen molar-refractivity contribution in [1.29, 1.82) is 0 Å². The standard InChI is InChI=1S/C23H21N5O6S2.Na/c1-15-8-9-18(14-21(15)35(30,31)27-17-6-4-3-5-7-17)24-25-22-16(2)26-28(23(22)29)19-10-12-20(13-11-19)36(32,33)34;/h3-14,26-27H,1-2H3,(H,32,33,34);/q;+1/p-1. The van der Waals surface area contributed by atoms with Gasteiger partial charge in [0.2, 0.25) is 0 Å². The van der Waals surface area contributed by atoms with Crippen LogP contribution in [-0.2, 0) is 20.1 Å². The molecule has 1 heterocycles. The first-order valence-electron chi connectivity index (χ1n) is 10.4. The van der Waals surface area contributed by atoms with Gasteiger partial charge < -0.3 is 4.55 Å². The van der Waals surface area contributed by atoms with Crippen molar-refractivity contribution in [2.45, 2.75) is 23.6 Å². The Kier molecular flexibility index (Phi) is 8.57. The second-order valence-corrected chi connectivity index (χ2v) is 10.8. The average Bonchev–Trinajstić information content (AvgIpc) is 3.11. The third kappa shape index (κ3) is 6.44. The average molecular weight is 550 g/mol. The van der Waals surface area contributed by atoms with Gasteiger partial charge in [-0.1, -0.05) is 24.3 Å². The number of hydrogen-bond acceptors (Lipinski definition) is 8. The zero-order valence-electron chi connectivity index (χ0n) is 20.0. The van der Waals surface area contributed by atoms with Gasteiger partial charge in [-0.3, -0.25) is 14.6 Å². The summed E-state index contributed by atoms with van der Waals surface area (Å²) in [4.78, 5) is 12.5. The van der Waals surface area contributed by atoms with Gasteiger partial charge in [0.05, 0.1) is 26.9 Å². The minimum absolute atomic E-state index is 0. The zero-order valence-corrected chi connectivity index (χ0v) is 23.7. The summed E-state index contributed by atoms with van der Waals surface area (Å²) in [6.07, 6.45) is 0. The van der Waals surface area contributed by atoms with Crippen LogP contribution in [0.4, 0.5) is 17.1 Å². The molecule has 0 spiro atoms. The van der Waals surface area contributed by atoms with Gasteiger partial charge in [0.25, 0.3) is 15.6 Å². The number of benzene rings is 3. The largest absolute Gasteiger partial charge is 1.00 e. The topological polar surface area (TPSA) is 166 Å². The quantitative estimate of drug-likeness (QED) is 0.197. The number of nitrogens with zero attached hydrogens (tertiary/aromatic N) is 3. The summed E-state index contributed by atoms with van der Waals surface area (Å²) < 4.78 is 62.8. The van der Waals surface area contributed by atoms with Crippen molar-refractivity contribution in [2.75, 3.05) is 4.72 Å². The third-order valence-electron chi connectivity index (χ3n) is 5.18. The number of nitrogens with one attached hydrogen (secondary N) is 2. The van der Waals surface area contributed by atoms with Crippen LogP contribution in [0, 0.1) is 13.8 Å². The molecule has 11 nitrogen and oxygen atoms in total. The number of hydrogen-bond donors (Lipinski definition) is 2. The number of aromatic amines is 1. The molecule has 0 atom stereocenters. The molecular formula is C23H20N5NaO6S2. The molecule has 2 N–H and O–H groups in total. The summed E-state index contributed by atoms with van der Waals surface area (Å²) in [6.45, 7) is 3.25. The molecule has 14 heteroatoms. The molecule has 3 aromatic carbocycles. The fraction of sp³-hybridized carbons (Fsp3) is 0.0870. The fourth-order valence-electron chi connectivity index (χ4n) is 3.36. The molecule has 0 radical (unpaired) electrons. The van der Waals surface area contributed by atoms with Crippen molar-refractivity contribution in [1.82, 2.24) is 9.78 Å². The van der Waals surface area contributed by atoms with Gasteiger partial charge in [-0.05, 0) is 67.9 Å². The minimum Gasteiger partial charge on any atom is -0.744 e. The van der Waals surface area contributed by atoms with E-state index in [9.17, 15) is 26.2 Å². The SMILES string of the molecule is Cc1ccc(N=Nc2c(C)[nH]n(-c3ccc(S(=O)(=O)[O-])cc3)c2=O)cc1S(=O)(=O)Nc1ccccc1.[Na+]. The summed E-state index contributed by atoms with van der Waals surface area (Å²) in [6, 6.07) is 17.8. The van der Waals surface area contributed by atoms with E-state index in [1.54, 1.807) is 56.3 Å². The van der Waals surface area contributed by atoms with Crippen LogP contribution >= 0.6 is 0 Å². The number of rotatable bonds is 7. The van der Waals surface area contributed by atoms with Crippen molar-refractivity contribution in [3.05, 3.63) is 94.4 Å². The molecule has 4 rings (SSSR count). The van der Waals surface area contributed by atoms with E-state index in [-0.39, 0.29) is 51.5 Å². The smallest absolute Gasteiger partial charge is 0.744 e. The van der Waals surface area contributed by atoms with Crippen LogP contribution < -0.4 is 39.8 Å². The van der Waals surface area contributed by atoms with Gasteiger partial charge in [-0.2, -0.15) is 5.11 Å². The van der Waals surface area contributed by atoms with E-state index >= 15 is 0 Å². The molecule has 0 unspecified atom stereocenters. The summed E-state index contributed by atoms with van der Waals surface area (Å²) in [5.41, 5.74) is 1.19. The molecule has 0 saturated carbocycles. The van der Waals surface area contributed by atoms with Crippen LogP contribution in [0.15, 0.2) is 97.6 Å². The van der Waals surface area contributed by atoms with Crippen molar-refractivity contribution in [3.63, 3.8) is 0 Å². The maximum atomic E-state index is 12.9. The summed E-state index contributed by atoms with van der Waals surface area (Å²) in [5, 5.41) is 10.9. The molecule has 1 aromatic heterocycles. The predicted molar refractivity (Wildman–Crippen MR) is 132 cm³/mol. The Bertz CT molecular complexity index is 1730. The first kappa shape index (κ1) is 28.5. The van der Waals surface area contributed by atoms with Crippen molar-refractivity contribution >= 4 is 37.2 Å². The Morgan fingerprint density at radius 3 is 2.16 bits per heavy atom. The van der Waals surface area contributed by atoms with E-state index in [4.69, 9.17) is 0 Å². The summed E-state index contributed by atoms with van der Waals surface area (Å²) in [7, 11) is -8.52. The first-order valence-corrected chi connectivity index (χ1v) is 13.3. The van der Waals surface area contributed by atoms with E-state index in [2.05, 4.69) is 20.0 Å². The van der Waals surface area contributed by atoms with E-state index in [0.29, 0.717) is 16.9 Å². The van der Waals surface area contributed by atoms with Gasteiger partial charge in [0.1, 0.15) is 10.1 Å². The fourth-order valence-corrected chi connectivity index (χ4v) is 5.16. The van der Waals surface area contributed by atoms with Crippen LogP contribution in [-0.4, -0.2) is 31.2 Å². The summed E-state index contributed by atoms with van der Waals surface area (Å²) >= 11 is 0. The monoisotopic (exact) mass is 549 g/mol. The van der Waals surface area contributed by atoms with E-state index < -0.39 is 30.6 Å². The van der Waals surface area contributed by atoms with Crippen LogP contribution in [0.1, 0.15) is 11.3 Å². The Balaban J connectivity index is 0.00000380. The second-order valence-electron chi connectivity index (χ2n) is 7.80. The normalized spacial score (nSPS) is 11.9. The Hall–Kier alpha value is -3.07. The Morgan fingerprint density at radius 2 is 1.54 bits per heavy atom. The molecule has 0 aliphatic carbocycles. The van der Waals surface area contributed by atoms with Gasteiger partial charge in [-0.25, -0.2) is 21.5 Å². The van der Waals surface area contributed by atoms with Gasteiger partial charge in [-0.15, -0.1) is 5.11 Å². The van der Waals surface area contributed by atoms with Crippen molar-refractivity contribution in [3.8, 4) is 5.69 Å². The number of para-hydroxylation sites is 1. The molecule has 0 amide bonds. The molecule has 0 aliphatic heterocycles. The molecule has 0 saturated heterocycles. The Morgan fingerprint density at radius 1 is 0.892 bits per heavy atom. The molecule has 186 valence electrons. The first-order chi connectivity index (χ1) is 17.0. The van der Waals surface area contributed by atoms with Gasteiger partial charge in [0.15, 0.2) is 5.69 Å². The van der Waals surface area contributed by atoms with E-state index in [0.717, 1.165) is 16.8 Å². The van der Waals surface area contributed by atoms with Crippen molar-refractivity contribution < 1.29 is 50.9 Å². The second kappa shape index (κ2) is 11.1. The summed E-state index contributed by atoms with van der Waals surface area (Å²) in [5.74, 6) is 0. The van der Waals surface area contributed by atoms with Crippen LogP contribution in [0.25, 0.3) is 5.69 Å². The van der Waals surface area contributed by atoms with Gasteiger partial charge in [0, 0.05) is 5.69 Å². The number of azo groups is 1. The Labute approximate surface area is 235 Å². The van der Waals surface area contributed by atoms with E-state index in [1.165, 1.54) is 18.2 Å². The molecule has 0 aliphatic rings. The van der Waals surface area contributed by atoms with Crippen molar-refractivity contribution in [2.24, 2.45) is 10.2 Å². The van der Waals surface area contributed by atoms with Gasteiger partial charge >= 0.3 is 29.6 Å². The maximum absolute atomic E-state index is 12.9. The number of sulfonamides is 1. The molecule has 37 heavy (non-hydrogen) atoms. The molecular weight excluding hydrogens is 529 g/mol. The third-order valence-corrected chi connectivity index (χ3v) is 7.55. The van der Waals surface area contributed by atoms with Crippen LogP contribution in [0.3, 0.4) is 0 Å². The minimum atomic E-state index is -4.62. The number of aromatic nitrogens is 2. The number of H-pyrrole nitrogens is 1. The molecule has 0 fully saturated rings. The van der Waals surface area contributed by atoms with Crippen LogP contribution in [0.5, 0.6) is 0 Å². The predicted octanol–water partition coefficient (Wildman–Crippen LogP) is 0.907.